The normalized spacial score (nSPS) is 21.4. The third-order valence-electron chi connectivity index (χ3n) is 3.39. The van der Waals surface area contributed by atoms with Crippen molar-refractivity contribution in [2.24, 2.45) is 0 Å². The van der Waals surface area contributed by atoms with E-state index >= 15 is 0 Å². The lowest BCUT2D eigenvalue weighted by atomic mass is 10.1. The molecule has 0 spiro atoms. The van der Waals surface area contributed by atoms with Crippen LogP contribution in [0.2, 0.25) is 0 Å². The van der Waals surface area contributed by atoms with Crippen LogP contribution in [-0.2, 0) is 25.7 Å². The predicted molar refractivity (Wildman–Crippen MR) is 72.8 cm³/mol. The highest BCUT2D eigenvalue weighted by Gasteiger charge is 2.31. The van der Waals surface area contributed by atoms with E-state index in [-0.39, 0.29) is 30.6 Å². The van der Waals surface area contributed by atoms with Crippen molar-refractivity contribution in [2.45, 2.75) is 38.0 Å². The molecule has 2 atom stereocenters. The Morgan fingerprint density at radius 3 is 2.70 bits per heavy atom. The Balaban J connectivity index is 1.75. The van der Waals surface area contributed by atoms with Crippen molar-refractivity contribution in [3.63, 3.8) is 0 Å². The molecule has 108 valence electrons. The number of carbonyl (C=O) groups excluding carboxylic acids is 2. The number of esters is 2. The SMILES string of the molecule is COC(=O)CC1CC[C@@H](C(=O)OCc2ccccc2)N1. The first-order chi connectivity index (χ1) is 9.69. The predicted octanol–water partition coefficient (Wildman–Crippen LogP) is 1.41. The lowest BCUT2D eigenvalue weighted by Gasteiger charge is -2.13. The van der Waals surface area contributed by atoms with E-state index < -0.39 is 0 Å². The average molecular weight is 277 g/mol. The number of hydrogen-bond donors (Lipinski definition) is 1. The molecular weight excluding hydrogens is 258 g/mol. The molecule has 0 amide bonds. The number of nitrogens with one attached hydrogen (secondary N) is 1. The van der Waals surface area contributed by atoms with Gasteiger partial charge in [-0.2, -0.15) is 0 Å². The molecule has 0 radical (unpaired) electrons. The number of methoxy groups -OCH3 is 1. The zero-order valence-electron chi connectivity index (χ0n) is 11.5. The molecule has 1 N–H and O–H groups in total. The minimum atomic E-state index is -0.326. The van der Waals surface area contributed by atoms with Gasteiger partial charge in [-0.1, -0.05) is 30.3 Å². The van der Waals surface area contributed by atoms with Crippen molar-refractivity contribution >= 4 is 11.9 Å². The average Bonchev–Trinajstić information content (AvgIpc) is 2.94. The van der Waals surface area contributed by atoms with Gasteiger partial charge in [-0.15, -0.1) is 0 Å². The van der Waals surface area contributed by atoms with E-state index in [1.807, 2.05) is 30.3 Å². The van der Waals surface area contributed by atoms with Crippen LogP contribution in [0.4, 0.5) is 0 Å². The van der Waals surface area contributed by atoms with Gasteiger partial charge in [0, 0.05) is 6.04 Å². The molecule has 0 aromatic heterocycles. The molecule has 1 fully saturated rings. The Kier molecular flexibility index (Phi) is 5.12. The van der Waals surface area contributed by atoms with Crippen LogP contribution in [0.1, 0.15) is 24.8 Å². The van der Waals surface area contributed by atoms with Gasteiger partial charge in [-0.3, -0.25) is 9.59 Å². The van der Waals surface area contributed by atoms with Crippen molar-refractivity contribution in [2.75, 3.05) is 7.11 Å². The summed E-state index contributed by atoms with van der Waals surface area (Å²) < 4.78 is 9.89. The molecule has 0 aliphatic carbocycles. The standard InChI is InChI=1S/C15H19NO4/c1-19-14(17)9-12-7-8-13(16-12)15(18)20-10-11-5-3-2-4-6-11/h2-6,12-13,16H,7-10H2,1H3/t12?,13-/m0/s1. The van der Waals surface area contributed by atoms with E-state index in [2.05, 4.69) is 10.1 Å². The number of hydrogen-bond acceptors (Lipinski definition) is 5. The topological polar surface area (TPSA) is 64.6 Å². The zero-order chi connectivity index (χ0) is 14.4. The van der Waals surface area contributed by atoms with Gasteiger partial charge in [0.15, 0.2) is 0 Å². The fourth-order valence-corrected chi connectivity index (χ4v) is 2.28. The van der Waals surface area contributed by atoms with E-state index in [0.717, 1.165) is 12.0 Å². The summed E-state index contributed by atoms with van der Waals surface area (Å²) in [6.07, 6.45) is 1.76. The van der Waals surface area contributed by atoms with E-state index in [9.17, 15) is 9.59 Å². The molecule has 1 aliphatic heterocycles. The molecule has 0 bridgehead atoms. The maximum absolute atomic E-state index is 11.9. The lowest BCUT2D eigenvalue weighted by molar-refractivity contribution is -0.147. The Labute approximate surface area is 118 Å². The Morgan fingerprint density at radius 1 is 1.25 bits per heavy atom. The quantitative estimate of drug-likeness (QED) is 0.824. The molecule has 20 heavy (non-hydrogen) atoms. The molecule has 1 aromatic carbocycles. The van der Waals surface area contributed by atoms with Gasteiger partial charge in [0.25, 0.3) is 0 Å². The number of rotatable bonds is 5. The molecule has 1 saturated heterocycles. The molecular formula is C15H19NO4. The Bertz CT molecular complexity index is 460. The number of ether oxygens (including phenoxy) is 2. The van der Waals surface area contributed by atoms with Crippen molar-refractivity contribution < 1.29 is 19.1 Å². The maximum atomic E-state index is 11.9. The van der Waals surface area contributed by atoms with Crippen molar-refractivity contribution in [3.8, 4) is 0 Å². The van der Waals surface area contributed by atoms with E-state index in [1.54, 1.807) is 0 Å². The first-order valence-corrected chi connectivity index (χ1v) is 6.72. The molecule has 5 heteroatoms. The molecule has 1 unspecified atom stereocenters. The van der Waals surface area contributed by atoms with Gasteiger partial charge >= 0.3 is 11.9 Å². The van der Waals surface area contributed by atoms with E-state index in [0.29, 0.717) is 12.8 Å². The largest absolute Gasteiger partial charge is 0.469 e. The van der Waals surface area contributed by atoms with Crippen LogP contribution in [-0.4, -0.2) is 31.1 Å². The Morgan fingerprint density at radius 2 is 2.00 bits per heavy atom. The second-order valence-corrected chi connectivity index (χ2v) is 4.87. The molecule has 0 saturated carbocycles. The summed E-state index contributed by atoms with van der Waals surface area (Å²) in [5.41, 5.74) is 0.963. The lowest BCUT2D eigenvalue weighted by Crippen LogP contribution is -2.37. The summed E-state index contributed by atoms with van der Waals surface area (Å²) in [5, 5.41) is 3.12. The molecule has 1 heterocycles. The number of carbonyl (C=O) groups is 2. The summed E-state index contributed by atoms with van der Waals surface area (Å²) in [7, 11) is 1.36. The van der Waals surface area contributed by atoms with E-state index in [1.165, 1.54) is 7.11 Å². The summed E-state index contributed by atoms with van der Waals surface area (Å²) in [6, 6.07) is 9.23. The van der Waals surface area contributed by atoms with Gasteiger partial charge in [-0.25, -0.2) is 0 Å². The molecule has 1 aromatic rings. The van der Waals surface area contributed by atoms with Crippen LogP contribution in [0.15, 0.2) is 30.3 Å². The first-order valence-electron chi connectivity index (χ1n) is 6.72. The molecule has 1 aliphatic rings. The van der Waals surface area contributed by atoms with Gasteiger partial charge < -0.3 is 14.8 Å². The van der Waals surface area contributed by atoms with Crippen LogP contribution >= 0.6 is 0 Å². The maximum Gasteiger partial charge on any atom is 0.323 e. The van der Waals surface area contributed by atoms with Crippen molar-refractivity contribution in [1.29, 1.82) is 0 Å². The van der Waals surface area contributed by atoms with Gasteiger partial charge in [0.2, 0.25) is 0 Å². The van der Waals surface area contributed by atoms with Crippen LogP contribution in [0.25, 0.3) is 0 Å². The summed E-state index contributed by atoms with van der Waals surface area (Å²) >= 11 is 0. The van der Waals surface area contributed by atoms with Gasteiger partial charge in [-0.05, 0) is 18.4 Å². The van der Waals surface area contributed by atoms with Gasteiger partial charge in [0.1, 0.15) is 12.6 Å². The molecule has 2 rings (SSSR count). The fourth-order valence-electron chi connectivity index (χ4n) is 2.28. The highest BCUT2D eigenvalue weighted by molar-refractivity contribution is 5.76. The van der Waals surface area contributed by atoms with Crippen molar-refractivity contribution in [1.82, 2.24) is 5.32 Å². The van der Waals surface area contributed by atoms with Crippen LogP contribution in [0, 0.1) is 0 Å². The minimum Gasteiger partial charge on any atom is -0.469 e. The zero-order valence-corrected chi connectivity index (χ0v) is 11.5. The third kappa shape index (κ3) is 4.06. The van der Waals surface area contributed by atoms with Gasteiger partial charge in [0.05, 0.1) is 13.5 Å². The fraction of sp³-hybridized carbons (Fsp3) is 0.467. The van der Waals surface area contributed by atoms with Crippen LogP contribution in [0.3, 0.4) is 0 Å². The minimum absolute atomic E-state index is 0.00303. The highest BCUT2D eigenvalue weighted by atomic mass is 16.5. The third-order valence-corrected chi connectivity index (χ3v) is 3.39. The number of benzene rings is 1. The van der Waals surface area contributed by atoms with Crippen molar-refractivity contribution in [3.05, 3.63) is 35.9 Å². The van der Waals surface area contributed by atoms with E-state index in [4.69, 9.17) is 4.74 Å². The smallest absolute Gasteiger partial charge is 0.323 e. The summed E-state index contributed by atoms with van der Waals surface area (Å²) in [4.78, 5) is 23.1. The second-order valence-electron chi connectivity index (χ2n) is 4.87. The summed E-state index contributed by atoms with van der Waals surface area (Å²) in [6.45, 7) is 0.277. The summed E-state index contributed by atoms with van der Waals surface area (Å²) in [5.74, 6) is -0.526. The van der Waals surface area contributed by atoms with Crippen LogP contribution < -0.4 is 5.32 Å². The highest BCUT2D eigenvalue weighted by Crippen LogP contribution is 2.17. The Hall–Kier alpha value is -1.88. The van der Waals surface area contributed by atoms with Crippen LogP contribution in [0.5, 0.6) is 0 Å². The molecule has 5 nitrogen and oxygen atoms in total. The first kappa shape index (κ1) is 14.5. The second kappa shape index (κ2) is 7.05. The monoisotopic (exact) mass is 277 g/mol.